The molecule has 3 aromatic rings. The van der Waals surface area contributed by atoms with Gasteiger partial charge in [0.15, 0.2) is 11.6 Å². The van der Waals surface area contributed by atoms with Crippen molar-refractivity contribution in [1.29, 1.82) is 0 Å². The first kappa shape index (κ1) is 26.1. The van der Waals surface area contributed by atoms with E-state index in [1.807, 2.05) is 49.5 Å². The summed E-state index contributed by atoms with van der Waals surface area (Å²) < 4.78 is 22.6. The number of amides is 1. The normalized spacial score (nSPS) is 14.8. The molecule has 1 amide bonds. The lowest BCUT2D eigenvalue weighted by Crippen LogP contribution is -2.29. The lowest BCUT2D eigenvalue weighted by molar-refractivity contribution is -0.122. The molecule has 1 aliphatic rings. The Balaban J connectivity index is 1.68. The Bertz CT molecular complexity index is 1260. The molecule has 0 bridgehead atoms. The van der Waals surface area contributed by atoms with Crippen molar-refractivity contribution in [3.8, 4) is 22.7 Å². The zero-order valence-corrected chi connectivity index (χ0v) is 22.2. The summed E-state index contributed by atoms with van der Waals surface area (Å²) in [5.41, 5.74) is 2.76. The van der Waals surface area contributed by atoms with Crippen molar-refractivity contribution in [2.75, 3.05) is 13.2 Å². The molecule has 5 nitrogen and oxygen atoms in total. The van der Waals surface area contributed by atoms with Crippen LogP contribution in [0.4, 0.5) is 4.39 Å². The Hall–Kier alpha value is -2.97. The first-order valence-corrected chi connectivity index (χ1v) is 13.6. The number of carbonyl (C=O) groups excluding carboxylic acids is 1. The van der Waals surface area contributed by atoms with Crippen LogP contribution in [0.3, 0.4) is 0 Å². The third kappa shape index (κ3) is 6.05. The summed E-state index contributed by atoms with van der Waals surface area (Å²) in [5.74, 6) is -0.317. The second-order valence-electron chi connectivity index (χ2n) is 8.60. The van der Waals surface area contributed by atoms with E-state index < -0.39 is 5.82 Å². The van der Waals surface area contributed by atoms with Crippen LogP contribution in [0.15, 0.2) is 59.6 Å². The number of thiocarbonyl (C=S) groups is 1. The first-order chi connectivity index (χ1) is 17.5. The fourth-order valence-corrected chi connectivity index (χ4v) is 5.24. The highest BCUT2D eigenvalue weighted by Crippen LogP contribution is 2.35. The van der Waals surface area contributed by atoms with Gasteiger partial charge >= 0.3 is 0 Å². The molecule has 4 rings (SSSR count). The van der Waals surface area contributed by atoms with E-state index in [1.165, 1.54) is 17.8 Å². The minimum Gasteiger partial charge on any atom is -0.491 e. The second-order valence-corrected chi connectivity index (χ2v) is 10.3. The summed E-state index contributed by atoms with van der Waals surface area (Å²) in [4.78, 5) is 15.4. The molecule has 0 saturated carbocycles. The molecule has 2 aromatic carbocycles. The maximum Gasteiger partial charge on any atom is 0.266 e. The molecule has 0 N–H and O–H groups in total. The second kappa shape index (κ2) is 12.3. The van der Waals surface area contributed by atoms with Crippen LogP contribution >= 0.6 is 24.0 Å². The summed E-state index contributed by atoms with van der Waals surface area (Å²) in [6.45, 7) is 5.21. The Morgan fingerprint density at radius 3 is 2.61 bits per heavy atom. The van der Waals surface area contributed by atoms with Crippen LogP contribution in [-0.2, 0) is 4.79 Å². The summed E-state index contributed by atoms with van der Waals surface area (Å²) in [5, 5.41) is 4.76. The number of hydrogen-bond donors (Lipinski definition) is 0. The van der Waals surface area contributed by atoms with Gasteiger partial charge in [0.2, 0.25) is 0 Å². The van der Waals surface area contributed by atoms with Gasteiger partial charge in [-0.1, -0.05) is 75.3 Å². The number of hydrogen-bond acceptors (Lipinski definition) is 5. The number of aromatic nitrogens is 2. The van der Waals surface area contributed by atoms with Gasteiger partial charge in [-0.25, -0.2) is 9.07 Å². The molecule has 8 heteroatoms. The molecule has 2 heterocycles. The molecule has 0 aliphatic carbocycles. The largest absolute Gasteiger partial charge is 0.491 e. The van der Waals surface area contributed by atoms with Crippen LogP contribution in [0.2, 0.25) is 0 Å². The van der Waals surface area contributed by atoms with Gasteiger partial charge in [0, 0.05) is 23.9 Å². The fourth-order valence-electron chi connectivity index (χ4n) is 3.94. The number of carbonyl (C=O) groups is 1. The summed E-state index contributed by atoms with van der Waals surface area (Å²) in [6, 6.07) is 14.5. The van der Waals surface area contributed by atoms with Gasteiger partial charge in [0.25, 0.3) is 5.91 Å². The zero-order valence-electron chi connectivity index (χ0n) is 20.6. The van der Waals surface area contributed by atoms with E-state index in [9.17, 15) is 9.18 Å². The fraction of sp³-hybridized carbons (Fsp3) is 0.321. The zero-order chi connectivity index (χ0) is 25.5. The maximum absolute atomic E-state index is 14.8. The van der Waals surface area contributed by atoms with Crippen LogP contribution in [0.5, 0.6) is 5.75 Å². The number of benzene rings is 2. The van der Waals surface area contributed by atoms with E-state index in [4.69, 9.17) is 22.1 Å². The van der Waals surface area contributed by atoms with Crippen molar-refractivity contribution in [2.45, 2.75) is 46.0 Å². The molecule has 0 radical (unpaired) electrons. The topological polar surface area (TPSA) is 47.4 Å². The molecule has 188 valence electrons. The third-order valence-electron chi connectivity index (χ3n) is 5.83. The van der Waals surface area contributed by atoms with Crippen molar-refractivity contribution in [2.24, 2.45) is 0 Å². The number of ether oxygens (including phenoxy) is 1. The summed E-state index contributed by atoms with van der Waals surface area (Å²) >= 11 is 6.81. The molecule has 1 saturated heterocycles. The molecule has 1 aliphatic heterocycles. The van der Waals surface area contributed by atoms with Crippen LogP contribution < -0.4 is 4.74 Å². The molecule has 1 fully saturated rings. The van der Waals surface area contributed by atoms with Crippen LogP contribution in [-0.4, -0.2) is 38.1 Å². The number of para-hydroxylation sites is 1. The van der Waals surface area contributed by atoms with Crippen molar-refractivity contribution in [3.63, 3.8) is 0 Å². The predicted molar refractivity (Wildman–Crippen MR) is 149 cm³/mol. The summed E-state index contributed by atoms with van der Waals surface area (Å²) in [6.07, 6.45) is 8.75. The van der Waals surface area contributed by atoms with Gasteiger partial charge in [-0.2, -0.15) is 5.10 Å². The molecule has 0 spiro atoms. The van der Waals surface area contributed by atoms with Gasteiger partial charge < -0.3 is 4.74 Å². The maximum atomic E-state index is 14.8. The average molecular weight is 524 g/mol. The molecule has 36 heavy (non-hydrogen) atoms. The number of halogens is 1. The van der Waals surface area contributed by atoms with Crippen molar-refractivity contribution < 1.29 is 13.9 Å². The molecular formula is C28H30FN3O2S2. The SMILES string of the molecule is CCCCCCN1C(=O)C(=Cc2cn(-c3ccccc3)nc2-c2ccc(OCCC)c(F)c2)SC1=S. The van der Waals surface area contributed by atoms with E-state index in [0.717, 1.165) is 37.8 Å². The van der Waals surface area contributed by atoms with Crippen LogP contribution in [0, 0.1) is 5.82 Å². The Morgan fingerprint density at radius 2 is 1.89 bits per heavy atom. The Morgan fingerprint density at radius 1 is 1.08 bits per heavy atom. The van der Waals surface area contributed by atoms with Crippen LogP contribution in [0.25, 0.3) is 23.0 Å². The molecule has 1 aromatic heterocycles. The number of unbranched alkanes of at least 4 members (excludes halogenated alkanes) is 3. The van der Waals surface area contributed by atoms with Gasteiger partial charge in [-0.15, -0.1) is 0 Å². The van der Waals surface area contributed by atoms with Crippen molar-refractivity contribution in [1.82, 2.24) is 14.7 Å². The standard InChI is InChI=1S/C28H30FN3O2S2/c1-3-5-6-10-15-31-27(33)25(36-28(31)35)18-21-19-32(22-11-8-7-9-12-22)30-26(21)20-13-14-24(23(29)17-20)34-16-4-2/h7-9,11-14,17-19H,3-6,10,15-16H2,1-2H3. The van der Waals surface area contributed by atoms with Crippen molar-refractivity contribution in [3.05, 3.63) is 71.0 Å². The lowest BCUT2D eigenvalue weighted by Gasteiger charge is -2.13. The first-order valence-electron chi connectivity index (χ1n) is 12.3. The van der Waals surface area contributed by atoms with Gasteiger partial charge in [-0.3, -0.25) is 9.69 Å². The third-order valence-corrected chi connectivity index (χ3v) is 7.20. The predicted octanol–water partition coefficient (Wildman–Crippen LogP) is 7.25. The number of rotatable bonds is 11. The summed E-state index contributed by atoms with van der Waals surface area (Å²) in [7, 11) is 0. The highest BCUT2D eigenvalue weighted by atomic mass is 32.2. The molecule has 0 unspecified atom stereocenters. The van der Waals surface area contributed by atoms with E-state index in [2.05, 4.69) is 6.92 Å². The highest BCUT2D eigenvalue weighted by Gasteiger charge is 2.32. The van der Waals surface area contributed by atoms with Gasteiger partial charge in [-0.05, 0) is 49.2 Å². The van der Waals surface area contributed by atoms with Crippen LogP contribution in [0.1, 0.15) is 51.5 Å². The average Bonchev–Trinajstić information content (AvgIpc) is 3.42. The highest BCUT2D eigenvalue weighted by molar-refractivity contribution is 8.26. The molecular weight excluding hydrogens is 493 g/mol. The smallest absolute Gasteiger partial charge is 0.266 e. The minimum atomic E-state index is -0.445. The van der Waals surface area contributed by atoms with Crippen molar-refractivity contribution >= 4 is 40.3 Å². The minimum absolute atomic E-state index is 0.0885. The lowest BCUT2D eigenvalue weighted by atomic mass is 10.1. The quantitative estimate of drug-likeness (QED) is 0.151. The van der Waals surface area contributed by atoms with E-state index in [0.29, 0.717) is 39.2 Å². The monoisotopic (exact) mass is 523 g/mol. The number of nitrogens with zero attached hydrogens (tertiary/aromatic N) is 3. The Kier molecular flexibility index (Phi) is 8.93. The molecule has 0 atom stereocenters. The van der Waals surface area contributed by atoms with E-state index >= 15 is 0 Å². The number of thioether (sulfide) groups is 1. The van der Waals surface area contributed by atoms with E-state index in [1.54, 1.807) is 21.7 Å². The van der Waals surface area contributed by atoms with Gasteiger partial charge in [0.05, 0.1) is 17.2 Å². The van der Waals surface area contributed by atoms with Gasteiger partial charge in [0.1, 0.15) is 10.0 Å². The van der Waals surface area contributed by atoms with E-state index in [-0.39, 0.29) is 11.7 Å². The Labute approximate surface area is 221 Å².